The molecule has 1 aromatic rings. The highest BCUT2D eigenvalue weighted by Crippen LogP contribution is 2.34. The van der Waals surface area contributed by atoms with Gasteiger partial charge in [-0.1, -0.05) is 0 Å². The second-order valence-electron chi connectivity index (χ2n) is 4.89. The van der Waals surface area contributed by atoms with Crippen molar-refractivity contribution in [3.63, 3.8) is 0 Å². The summed E-state index contributed by atoms with van der Waals surface area (Å²) >= 11 is 3.24. The van der Waals surface area contributed by atoms with E-state index in [0.717, 1.165) is 0 Å². The molecule has 0 saturated carbocycles. The van der Waals surface area contributed by atoms with Gasteiger partial charge in [0.15, 0.2) is 0 Å². The van der Waals surface area contributed by atoms with E-state index in [2.05, 4.69) is 20.9 Å². The van der Waals surface area contributed by atoms with Gasteiger partial charge in [-0.15, -0.1) is 0 Å². The van der Waals surface area contributed by atoms with Gasteiger partial charge in [-0.05, 0) is 41.8 Å². The maximum atomic E-state index is 12.6. The average molecular weight is 351 g/mol. The van der Waals surface area contributed by atoms with Crippen LogP contribution in [-0.2, 0) is 0 Å². The Morgan fingerprint density at radius 3 is 2.55 bits per heavy atom. The maximum absolute atomic E-state index is 12.6. The molecule has 1 amide bonds. The molecule has 2 heterocycles. The number of likely N-dealkylation sites (tertiary alicyclic amines) is 1. The Morgan fingerprint density at radius 1 is 1.40 bits per heavy atom. The van der Waals surface area contributed by atoms with Crippen molar-refractivity contribution in [2.75, 3.05) is 13.1 Å². The van der Waals surface area contributed by atoms with Crippen LogP contribution in [0.15, 0.2) is 16.7 Å². The minimum atomic E-state index is -4.16. The SMILES string of the molecule is Cc1ncc(Br)cc1C(=O)N1CCC(C(F)(F)F)CC1. The molecule has 20 heavy (non-hydrogen) atoms. The summed E-state index contributed by atoms with van der Waals surface area (Å²) in [7, 11) is 0. The highest BCUT2D eigenvalue weighted by atomic mass is 79.9. The Labute approximate surface area is 123 Å². The van der Waals surface area contributed by atoms with Crippen LogP contribution in [0.1, 0.15) is 28.9 Å². The van der Waals surface area contributed by atoms with E-state index < -0.39 is 12.1 Å². The normalized spacial score (nSPS) is 17.4. The lowest BCUT2D eigenvalue weighted by Crippen LogP contribution is -2.42. The predicted octanol–water partition coefficient (Wildman–Crippen LogP) is 3.57. The van der Waals surface area contributed by atoms with Gasteiger partial charge in [-0.25, -0.2) is 0 Å². The molecule has 0 aromatic carbocycles. The molecule has 0 radical (unpaired) electrons. The molecule has 110 valence electrons. The Kier molecular flexibility index (Phi) is 4.36. The van der Waals surface area contributed by atoms with Crippen molar-refractivity contribution < 1.29 is 18.0 Å². The van der Waals surface area contributed by atoms with Crippen LogP contribution in [0.2, 0.25) is 0 Å². The topological polar surface area (TPSA) is 33.2 Å². The predicted molar refractivity (Wildman–Crippen MR) is 71.4 cm³/mol. The summed E-state index contributed by atoms with van der Waals surface area (Å²) in [5.74, 6) is -1.55. The van der Waals surface area contributed by atoms with Crippen molar-refractivity contribution in [1.82, 2.24) is 9.88 Å². The molecule has 0 aliphatic carbocycles. The number of pyridine rings is 1. The van der Waals surface area contributed by atoms with Gasteiger partial charge in [0, 0.05) is 23.8 Å². The molecule has 0 bridgehead atoms. The fraction of sp³-hybridized carbons (Fsp3) is 0.538. The Hall–Kier alpha value is -1.11. The van der Waals surface area contributed by atoms with Crippen molar-refractivity contribution in [3.05, 3.63) is 28.0 Å². The first-order valence-electron chi connectivity index (χ1n) is 6.27. The third-order valence-corrected chi connectivity index (χ3v) is 3.96. The van der Waals surface area contributed by atoms with Gasteiger partial charge in [-0.3, -0.25) is 9.78 Å². The number of rotatable bonds is 1. The minimum absolute atomic E-state index is 0.0320. The summed E-state index contributed by atoms with van der Waals surface area (Å²) in [6.45, 7) is 1.98. The lowest BCUT2D eigenvalue weighted by atomic mass is 9.96. The second kappa shape index (κ2) is 5.71. The molecule has 1 saturated heterocycles. The maximum Gasteiger partial charge on any atom is 0.391 e. The summed E-state index contributed by atoms with van der Waals surface area (Å²) in [5, 5.41) is 0. The number of nitrogens with zero attached hydrogens (tertiary/aromatic N) is 2. The summed E-state index contributed by atoms with van der Waals surface area (Å²) in [4.78, 5) is 17.9. The van der Waals surface area contributed by atoms with Crippen molar-refractivity contribution in [2.24, 2.45) is 5.92 Å². The van der Waals surface area contributed by atoms with Crippen LogP contribution >= 0.6 is 15.9 Å². The molecule has 1 fully saturated rings. The molecule has 0 atom stereocenters. The molecule has 0 spiro atoms. The van der Waals surface area contributed by atoms with E-state index in [1.807, 2.05) is 0 Å². The number of aryl methyl sites for hydroxylation is 1. The van der Waals surface area contributed by atoms with Gasteiger partial charge in [0.05, 0.1) is 17.2 Å². The molecule has 0 N–H and O–H groups in total. The van der Waals surface area contributed by atoms with Crippen LogP contribution < -0.4 is 0 Å². The first-order valence-corrected chi connectivity index (χ1v) is 7.06. The average Bonchev–Trinajstić information content (AvgIpc) is 2.40. The molecule has 1 aromatic heterocycles. The van der Waals surface area contributed by atoms with E-state index in [1.165, 1.54) is 4.90 Å². The zero-order chi connectivity index (χ0) is 14.9. The number of alkyl halides is 3. The number of carbonyl (C=O) groups excluding carboxylic acids is 1. The number of piperidine rings is 1. The molecule has 1 aliphatic heterocycles. The van der Waals surface area contributed by atoms with Crippen LogP contribution in [0.3, 0.4) is 0 Å². The van der Waals surface area contributed by atoms with E-state index in [1.54, 1.807) is 19.2 Å². The van der Waals surface area contributed by atoms with E-state index in [0.29, 0.717) is 15.7 Å². The van der Waals surface area contributed by atoms with E-state index in [4.69, 9.17) is 0 Å². The van der Waals surface area contributed by atoms with E-state index in [-0.39, 0.29) is 31.8 Å². The molecular formula is C13H14BrF3N2O. The lowest BCUT2D eigenvalue weighted by molar-refractivity contribution is -0.183. The quantitative estimate of drug-likeness (QED) is 0.775. The fourth-order valence-corrected chi connectivity index (χ4v) is 2.64. The highest BCUT2D eigenvalue weighted by molar-refractivity contribution is 9.10. The highest BCUT2D eigenvalue weighted by Gasteiger charge is 2.41. The molecule has 2 rings (SSSR count). The summed E-state index contributed by atoms with van der Waals surface area (Å²) < 4.78 is 38.4. The van der Waals surface area contributed by atoms with Crippen LogP contribution in [0, 0.1) is 12.8 Å². The van der Waals surface area contributed by atoms with Gasteiger partial charge in [0.25, 0.3) is 5.91 Å². The monoisotopic (exact) mass is 350 g/mol. The van der Waals surface area contributed by atoms with Gasteiger partial charge < -0.3 is 4.90 Å². The smallest absolute Gasteiger partial charge is 0.339 e. The van der Waals surface area contributed by atoms with E-state index >= 15 is 0 Å². The number of hydrogen-bond donors (Lipinski definition) is 0. The van der Waals surface area contributed by atoms with Crippen molar-refractivity contribution in [3.8, 4) is 0 Å². The standard InChI is InChI=1S/C13H14BrF3N2O/c1-8-11(6-10(14)7-18-8)12(20)19-4-2-9(3-5-19)13(15,16)17/h6-7,9H,2-5H2,1H3. The molecule has 3 nitrogen and oxygen atoms in total. The second-order valence-corrected chi connectivity index (χ2v) is 5.81. The van der Waals surface area contributed by atoms with Crippen LogP contribution in [0.4, 0.5) is 13.2 Å². The largest absolute Gasteiger partial charge is 0.391 e. The minimum Gasteiger partial charge on any atom is -0.339 e. The molecule has 1 aliphatic rings. The number of aromatic nitrogens is 1. The third kappa shape index (κ3) is 3.31. The van der Waals surface area contributed by atoms with Crippen molar-refractivity contribution in [1.29, 1.82) is 0 Å². The Balaban J connectivity index is 2.07. The molecular weight excluding hydrogens is 337 g/mol. The molecule has 7 heteroatoms. The van der Waals surface area contributed by atoms with Gasteiger partial charge >= 0.3 is 6.18 Å². The number of halogens is 4. The van der Waals surface area contributed by atoms with Gasteiger partial charge in [0.1, 0.15) is 0 Å². The van der Waals surface area contributed by atoms with Crippen molar-refractivity contribution in [2.45, 2.75) is 25.9 Å². The summed E-state index contributed by atoms with van der Waals surface area (Å²) in [6, 6.07) is 1.65. The Bertz CT molecular complexity index is 511. The summed E-state index contributed by atoms with van der Waals surface area (Å²) in [6.07, 6.45) is -2.64. The first-order chi connectivity index (χ1) is 9.29. The lowest BCUT2D eigenvalue weighted by Gasteiger charge is -2.33. The number of carbonyl (C=O) groups is 1. The number of amides is 1. The number of hydrogen-bond acceptors (Lipinski definition) is 2. The van der Waals surface area contributed by atoms with Gasteiger partial charge in [-0.2, -0.15) is 13.2 Å². The zero-order valence-electron chi connectivity index (χ0n) is 10.9. The van der Waals surface area contributed by atoms with Crippen LogP contribution in [0.25, 0.3) is 0 Å². The third-order valence-electron chi connectivity index (χ3n) is 3.53. The zero-order valence-corrected chi connectivity index (χ0v) is 12.5. The van der Waals surface area contributed by atoms with Crippen molar-refractivity contribution >= 4 is 21.8 Å². The fourth-order valence-electron chi connectivity index (χ4n) is 2.30. The summed E-state index contributed by atoms with van der Waals surface area (Å²) in [5.41, 5.74) is 1.01. The van der Waals surface area contributed by atoms with Crippen LogP contribution in [-0.4, -0.2) is 35.1 Å². The van der Waals surface area contributed by atoms with E-state index in [9.17, 15) is 18.0 Å². The van der Waals surface area contributed by atoms with Gasteiger partial charge in [0.2, 0.25) is 0 Å². The molecule has 0 unspecified atom stereocenters. The first kappa shape index (κ1) is 15.3. The Morgan fingerprint density at radius 2 is 2.00 bits per heavy atom. The van der Waals surface area contributed by atoms with Crippen LogP contribution in [0.5, 0.6) is 0 Å².